The number of halogens is 3. The average molecular weight is 243 g/mol. The van der Waals surface area contributed by atoms with E-state index in [2.05, 4.69) is 6.58 Å². The van der Waals surface area contributed by atoms with Gasteiger partial charge in [0.1, 0.15) is 0 Å². The van der Waals surface area contributed by atoms with Gasteiger partial charge >= 0.3 is 0 Å². The predicted molar refractivity (Wildman–Crippen MR) is 55.2 cm³/mol. The number of alkyl halides is 3. The van der Waals surface area contributed by atoms with Crippen LogP contribution in [0.3, 0.4) is 0 Å². The van der Waals surface area contributed by atoms with Crippen LogP contribution in [0.15, 0.2) is 12.7 Å². The molecule has 74 valence electrons. The maximum absolute atomic E-state index is 11.5. The van der Waals surface area contributed by atoms with Crippen molar-refractivity contribution in [3.63, 3.8) is 0 Å². The number of hydrogen-bond donors (Lipinski definition) is 0. The molecule has 1 aliphatic heterocycles. The standard InChI is InChI=1S/C8H10Cl3NO/c1-2-6-4-3-5-12(6)7(13)8(9,10)11/h2,6H,1,3-5H2. The van der Waals surface area contributed by atoms with Crippen molar-refractivity contribution in [2.45, 2.75) is 22.7 Å². The van der Waals surface area contributed by atoms with Crippen LogP contribution in [0.25, 0.3) is 0 Å². The second kappa shape index (κ2) is 4.07. The molecule has 1 amide bonds. The minimum atomic E-state index is -1.84. The highest BCUT2D eigenvalue weighted by Gasteiger charge is 2.39. The molecular weight excluding hydrogens is 232 g/mol. The van der Waals surface area contributed by atoms with E-state index in [0.29, 0.717) is 6.54 Å². The summed E-state index contributed by atoms with van der Waals surface area (Å²) in [6.45, 7) is 4.28. The minimum Gasteiger partial charge on any atom is -0.333 e. The van der Waals surface area contributed by atoms with Crippen LogP contribution in [-0.2, 0) is 4.79 Å². The Kier molecular flexibility index (Phi) is 3.50. The molecular formula is C8H10Cl3NO. The summed E-state index contributed by atoms with van der Waals surface area (Å²) in [5, 5.41) is 0. The Hall–Kier alpha value is 0.0800. The first-order chi connectivity index (χ1) is 5.96. The maximum atomic E-state index is 11.5. The molecule has 1 saturated heterocycles. The van der Waals surface area contributed by atoms with E-state index in [-0.39, 0.29) is 6.04 Å². The Morgan fingerprint density at radius 1 is 1.54 bits per heavy atom. The summed E-state index contributed by atoms with van der Waals surface area (Å²) in [7, 11) is 0. The van der Waals surface area contributed by atoms with Crippen LogP contribution in [0.2, 0.25) is 0 Å². The van der Waals surface area contributed by atoms with Crippen molar-refractivity contribution < 1.29 is 4.79 Å². The molecule has 1 unspecified atom stereocenters. The number of carbonyl (C=O) groups excluding carboxylic acids is 1. The smallest absolute Gasteiger partial charge is 0.275 e. The number of amides is 1. The topological polar surface area (TPSA) is 20.3 Å². The molecule has 0 radical (unpaired) electrons. The van der Waals surface area contributed by atoms with Crippen LogP contribution in [0, 0.1) is 0 Å². The molecule has 0 aromatic rings. The largest absolute Gasteiger partial charge is 0.333 e. The lowest BCUT2D eigenvalue weighted by atomic mass is 10.2. The van der Waals surface area contributed by atoms with E-state index in [0.717, 1.165) is 12.8 Å². The summed E-state index contributed by atoms with van der Waals surface area (Å²) in [5.41, 5.74) is 0. The third-order valence-electron chi connectivity index (χ3n) is 2.07. The van der Waals surface area contributed by atoms with Crippen LogP contribution in [-0.4, -0.2) is 27.2 Å². The van der Waals surface area contributed by atoms with E-state index in [1.807, 2.05) is 0 Å². The van der Waals surface area contributed by atoms with Crippen molar-refractivity contribution in [2.24, 2.45) is 0 Å². The second-order valence-corrected chi connectivity index (χ2v) is 5.22. The molecule has 0 spiro atoms. The average Bonchev–Trinajstić information content (AvgIpc) is 2.48. The molecule has 1 atom stereocenters. The Morgan fingerprint density at radius 2 is 2.15 bits per heavy atom. The number of nitrogens with zero attached hydrogens (tertiary/aromatic N) is 1. The van der Waals surface area contributed by atoms with E-state index >= 15 is 0 Å². The predicted octanol–water partition coefficient (Wildman–Crippen LogP) is 2.53. The van der Waals surface area contributed by atoms with Crippen molar-refractivity contribution in [3.8, 4) is 0 Å². The molecule has 1 fully saturated rings. The summed E-state index contributed by atoms with van der Waals surface area (Å²) < 4.78 is -1.84. The van der Waals surface area contributed by atoms with Gasteiger partial charge in [0.2, 0.25) is 0 Å². The third-order valence-corrected chi connectivity index (χ3v) is 2.56. The molecule has 0 N–H and O–H groups in total. The van der Waals surface area contributed by atoms with Crippen molar-refractivity contribution in [2.75, 3.05) is 6.54 Å². The van der Waals surface area contributed by atoms with Gasteiger partial charge in [-0.1, -0.05) is 40.9 Å². The molecule has 1 aliphatic rings. The zero-order valence-corrected chi connectivity index (χ0v) is 9.24. The van der Waals surface area contributed by atoms with Crippen molar-refractivity contribution >= 4 is 40.7 Å². The molecule has 0 saturated carbocycles. The highest BCUT2D eigenvalue weighted by atomic mass is 35.6. The highest BCUT2D eigenvalue weighted by Crippen LogP contribution is 2.32. The Labute approximate surface area is 92.4 Å². The number of hydrogen-bond acceptors (Lipinski definition) is 1. The minimum absolute atomic E-state index is 0.0168. The summed E-state index contributed by atoms with van der Waals surface area (Å²) in [6.07, 6.45) is 3.54. The van der Waals surface area contributed by atoms with Gasteiger partial charge in [-0.2, -0.15) is 0 Å². The Balaban J connectivity index is 2.71. The molecule has 1 rings (SSSR count). The van der Waals surface area contributed by atoms with Gasteiger partial charge in [-0.25, -0.2) is 0 Å². The molecule has 0 aromatic heterocycles. The van der Waals surface area contributed by atoms with Gasteiger partial charge in [0.05, 0.1) is 0 Å². The lowest BCUT2D eigenvalue weighted by Crippen LogP contribution is -2.41. The van der Waals surface area contributed by atoms with Crippen molar-refractivity contribution in [3.05, 3.63) is 12.7 Å². The van der Waals surface area contributed by atoms with Crippen LogP contribution < -0.4 is 0 Å². The van der Waals surface area contributed by atoms with Crippen molar-refractivity contribution in [1.82, 2.24) is 4.90 Å². The zero-order valence-electron chi connectivity index (χ0n) is 6.97. The van der Waals surface area contributed by atoms with Crippen LogP contribution >= 0.6 is 34.8 Å². The molecule has 1 heterocycles. The van der Waals surface area contributed by atoms with Gasteiger partial charge in [0, 0.05) is 12.6 Å². The van der Waals surface area contributed by atoms with Crippen LogP contribution in [0.1, 0.15) is 12.8 Å². The molecule has 2 nitrogen and oxygen atoms in total. The molecule has 5 heteroatoms. The molecule has 0 aromatic carbocycles. The Morgan fingerprint density at radius 3 is 2.62 bits per heavy atom. The lowest BCUT2D eigenvalue weighted by Gasteiger charge is -2.25. The summed E-state index contributed by atoms with van der Waals surface area (Å²) in [4.78, 5) is 13.1. The first-order valence-corrected chi connectivity index (χ1v) is 5.10. The van der Waals surface area contributed by atoms with Gasteiger partial charge in [-0.15, -0.1) is 6.58 Å². The van der Waals surface area contributed by atoms with Gasteiger partial charge in [-0.3, -0.25) is 4.79 Å². The van der Waals surface area contributed by atoms with Gasteiger partial charge < -0.3 is 4.90 Å². The van der Waals surface area contributed by atoms with Crippen molar-refractivity contribution in [1.29, 1.82) is 0 Å². The van der Waals surface area contributed by atoms with Crippen LogP contribution in [0.5, 0.6) is 0 Å². The summed E-state index contributed by atoms with van der Waals surface area (Å²) >= 11 is 16.5. The van der Waals surface area contributed by atoms with E-state index in [4.69, 9.17) is 34.8 Å². The van der Waals surface area contributed by atoms with E-state index in [1.165, 1.54) is 0 Å². The molecule has 13 heavy (non-hydrogen) atoms. The third kappa shape index (κ3) is 2.52. The molecule has 0 bridgehead atoms. The lowest BCUT2D eigenvalue weighted by molar-refractivity contribution is -0.130. The van der Waals surface area contributed by atoms with E-state index in [1.54, 1.807) is 11.0 Å². The first kappa shape index (κ1) is 11.2. The Bertz CT molecular complexity index is 224. The molecule has 0 aliphatic carbocycles. The van der Waals surface area contributed by atoms with Crippen LogP contribution in [0.4, 0.5) is 0 Å². The fraction of sp³-hybridized carbons (Fsp3) is 0.625. The zero-order chi connectivity index (χ0) is 10.1. The highest BCUT2D eigenvalue weighted by molar-refractivity contribution is 6.76. The second-order valence-electron chi connectivity index (χ2n) is 2.94. The summed E-state index contributed by atoms with van der Waals surface area (Å²) in [5.74, 6) is -0.458. The number of likely N-dealkylation sites (tertiary alicyclic amines) is 1. The van der Waals surface area contributed by atoms with E-state index < -0.39 is 9.70 Å². The monoisotopic (exact) mass is 241 g/mol. The maximum Gasteiger partial charge on any atom is 0.275 e. The fourth-order valence-corrected chi connectivity index (χ4v) is 1.78. The SMILES string of the molecule is C=CC1CCCN1C(=O)C(Cl)(Cl)Cl. The normalized spacial score (nSPS) is 23.3. The van der Waals surface area contributed by atoms with E-state index in [9.17, 15) is 4.79 Å². The fourth-order valence-electron chi connectivity index (χ4n) is 1.45. The number of rotatable bonds is 1. The number of carbonyl (C=O) groups is 1. The van der Waals surface area contributed by atoms with Gasteiger partial charge in [-0.05, 0) is 12.8 Å². The quantitative estimate of drug-likeness (QED) is 0.511. The summed E-state index contributed by atoms with van der Waals surface area (Å²) in [6, 6.07) is 0.0168. The first-order valence-electron chi connectivity index (χ1n) is 3.97. The van der Waals surface area contributed by atoms with Gasteiger partial charge in [0.25, 0.3) is 9.70 Å². The van der Waals surface area contributed by atoms with Gasteiger partial charge in [0.15, 0.2) is 0 Å².